The van der Waals surface area contributed by atoms with Crippen molar-refractivity contribution in [2.75, 3.05) is 13.1 Å². The van der Waals surface area contributed by atoms with Gasteiger partial charge in [0.2, 0.25) is 5.91 Å². The lowest BCUT2D eigenvalue weighted by Gasteiger charge is -2.27. The summed E-state index contributed by atoms with van der Waals surface area (Å²) in [4.78, 5) is 14.1. The van der Waals surface area contributed by atoms with Crippen molar-refractivity contribution in [2.45, 2.75) is 58.0 Å². The van der Waals surface area contributed by atoms with Crippen molar-refractivity contribution in [3.63, 3.8) is 0 Å². The van der Waals surface area contributed by atoms with Gasteiger partial charge in [0, 0.05) is 25.6 Å². The molecule has 0 saturated heterocycles. The van der Waals surface area contributed by atoms with E-state index in [1.165, 1.54) is 0 Å². The van der Waals surface area contributed by atoms with Gasteiger partial charge in [-0.15, -0.1) is 0 Å². The number of nitriles is 1. The van der Waals surface area contributed by atoms with E-state index in [4.69, 9.17) is 5.26 Å². The SMILES string of the molecule is CCCCNC(=O)C(C)N(CCC#N)C1CC1. The number of carbonyl (C=O) groups is 1. The monoisotopic (exact) mass is 237 g/mol. The predicted octanol–water partition coefficient (Wildman–Crippen LogP) is 1.67. The maximum atomic E-state index is 11.9. The number of carbonyl (C=O) groups excluding carboxylic acids is 1. The summed E-state index contributed by atoms with van der Waals surface area (Å²) in [7, 11) is 0. The number of unbranched alkanes of at least 4 members (excludes halogenated alkanes) is 1. The van der Waals surface area contributed by atoms with E-state index in [-0.39, 0.29) is 11.9 Å². The Bertz CT molecular complexity index is 281. The van der Waals surface area contributed by atoms with E-state index in [2.05, 4.69) is 23.2 Å². The molecule has 1 rings (SSSR count). The zero-order chi connectivity index (χ0) is 12.7. The van der Waals surface area contributed by atoms with Crippen LogP contribution in [0.2, 0.25) is 0 Å². The van der Waals surface area contributed by atoms with Crippen molar-refractivity contribution >= 4 is 5.91 Å². The molecule has 1 unspecified atom stereocenters. The minimum absolute atomic E-state index is 0.100. The summed E-state index contributed by atoms with van der Waals surface area (Å²) in [6, 6.07) is 2.57. The standard InChI is InChI=1S/C13H23N3O/c1-3-4-9-15-13(17)11(2)16(10-5-8-14)12-6-7-12/h11-12H,3-7,9-10H2,1-2H3,(H,15,17). The molecule has 1 aliphatic rings. The lowest BCUT2D eigenvalue weighted by molar-refractivity contribution is -0.126. The summed E-state index contributed by atoms with van der Waals surface area (Å²) in [6.45, 7) is 5.52. The second-order valence-electron chi connectivity index (χ2n) is 4.70. The van der Waals surface area contributed by atoms with Crippen LogP contribution in [0.5, 0.6) is 0 Å². The number of amides is 1. The van der Waals surface area contributed by atoms with Crippen LogP contribution in [0.4, 0.5) is 0 Å². The molecule has 17 heavy (non-hydrogen) atoms. The van der Waals surface area contributed by atoms with Gasteiger partial charge in [0.15, 0.2) is 0 Å². The van der Waals surface area contributed by atoms with Gasteiger partial charge in [-0.25, -0.2) is 0 Å². The molecule has 1 saturated carbocycles. The number of hydrogen-bond donors (Lipinski definition) is 1. The Balaban J connectivity index is 2.37. The molecule has 0 radical (unpaired) electrons. The fourth-order valence-corrected chi connectivity index (χ4v) is 1.96. The van der Waals surface area contributed by atoms with Crippen LogP contribution in [0.15, 0.2) is 0 Å². The van der Waals surface area contributed by atoms with Crippen LogP contribution in [-0.4, -0.2) is 36.0 Å². The van der Waals surface area contributed by atoms with Crippen molar-refractivity contribution < 1.29 is 4.79 Å². The third-order valence-electron chi connectivity index (χ3n) is 3.20. The minimum atomic E-state index is -0.104. The quantitative estimate of drug-likeness (QED) is 0.653. The molecular formula is C13H23N3O. The van der Waals surface area contributed by atoms with Gasteiger partial charge in [-0.2, -0.15) is 5.26 Å². The lowest BCUT2D eigenvalue weighted by Crippen LogP contribution is -2.46. The Morgan fingerprint density at radius 1 is 1.59 bits per heavy atom. The molecular weight excluding hydrogens is 214 g/mol. The fraction of sp³-hybridized carbons (Fsp3) is 0.846. The predicted molar refractivity (Wildman–Crippen MR) is 67.3 cm³/mol. The highest BCUT2D eigenvalue weighted by Gasteiger charge is 2.34. The molecule has 0 bridgehead atoms. The molecule has 1 N–H and O–H groups in total. The Morgan fingerprint density at radius 2 is 2.29 bits per heavy atom. The van der Waals surface area contributed by atoms with Gasteiger partial charge in [-0.05, 0) is 26.2 Å². The third-order valence-corrected chi connectivity index (χ3v) is 3.20. The maximum absolute atomic E-state index is 11.9. The summed E-state index contributed by atoms with van der Waals surface area (Å²) < 4.78 is 0. The Morgan fingerprint density at radius 3 is 2.82 bits per heavy atom. The zero-order valence-corrected chi connectivity index (χ0v) is 10.9. The number of hydrogen-bond acceptors (Lipinski definition) is 3. The smallest absolute Gasteiger partial charge is 0.237 e. The molecule has 0 aliphatic heterocycles. The summed E-state index contributed by atoms with van der Waals surface area (Å²) in [6.07, 6.45) is 4.95. The van der Waals surface area contributed by atoms with Gasteiger partial charge in [0.25, 0.3) is 0 Å². The number of rotatable bonds is 8. The maximum Gasteiger partial charge on any atom is 0.237 e. The van der Waals surface area contributed by atoms with E-state index in [0.717, 1.165) is 32.2 Å². The lowest BCUT2D eigenvalue weighted by atomic mass is 10.2. The second-order valence-corrected chi connectivity index (χ2v) is 4.70. The third kappa shape index (κ3) is 4.74. The zero-order valence-electron chi connectivity index (χ0n) is 10.9. The fourth-order valence-electron chi connectivity index (χ4n) is 1.96. The molecule has 0 heterocycles. The highest BCUT2D eigenvalue weighted by molar-refractivity contribution is 5.81. The number of nitrogens with one attached hydrogen (secondary N) is 1. The normalized spacial score (nSPS) is 16.6. The first-order valence-electron chi connectivity index (χ1n) is 6.61. The van der Waals surface area contributed by atoms with E-state index in [0.29, 0.717) is 19.0 Å². The van der Waals surface area contributed by atoms with Gasteiger partial charge in [-0.3, -0.25) is 9.69 Å². The molecule has 1 fully saturated rings. The van der Waals surface area contributed by atoms with Crippen molar-refractivity contribution in [2.24, 2.45) is 0 Å². The molecule has 1 aliphatic carbocycles. The molecule has 1 atom stereocenters. The van der Waals surface area contributed by atoms with Gasteiger partial charge in [-0.1, -0.05) is 13.3 Å². The van der Waals surface area contributed by atoms with Crippen LogP contribution in [0.1, 0.15) is 46.0 Å². The Hall–Kier alpha value is -1.08. The van der Waals surface area contributed by atoms with Gasteiger partial charge >= 0.3 is 0 Å². The van der Waals surface area contributed by atoms with Crippen molar-refractivity contribution in [1.29, 1.82) is 5.26 Å². The van der Waals surface area contributed by atoms with E-state index in [1.54, 1.807) is 0 Å². The first kappa shape index (κ1) is 14.0. The van der Waals surface area contributed by atoms with Crippen molar-refractivity contribution in [1.82, 2.24) is 10.2 Å². The molecule has 0 spiro atoms. The van der Waals surface area contributed by atoms with Crippen LogP contribution in [-0.2, 0) is 4.79 Å². The Kier molecular flexibility index (Phi) is 5.99. The van der Waals surface area contributed by atoms with Crippen LogP contribution >= 0.6 is 0 Å². The van der Waals surface area contributed by atoms with E-state index in [9.17, 15) is 4.79 Å². The average molecular weight is 237 g/mol. The molecule has 0 aromatic heterocycles. The van der Waals surface area contributed by atoms with Gasteiger partial charge in [0.1, 0.15) is 0 Å². The first-order chi connectivity index (χ1) is 8.20. The molecule has 0 aromatic carbocycles. The summed E-state index contributed by atoms with van der Waals surface area (Å²) in [5, 5.41) is 11.6. The van der Waals surface area contributed by atoms with Gasteiger partial charge in [0.05, 0.1) is 12.1 Å². The van der Waals surface area contributed by atoms with Crippen LogP contribution < -0.4 is 5.32 Å². The van der Waals surface area contributed by atoms with Crippen LogP contribution in [0.3, 0.4) is 0 Å². The van der Waals surface area contributed by atoms with E-state index < -0.39 is 0 Å². The minimum Gasteiger partial charge on any atom is -0.355 e. The largest absolute Gasteiger partial charge is 0.355 e. The topological polar surface area (TPSA) is 56.1 Å². The molecule has 96 valence electrons. The van der Waals surface area contributed by atoms with E-state index in [1.807, 2.05) is 6.92 Å². The van der Waals surface area contributed by atoms with Gasteiger partial charge < -0.3 is 5.32 Å². The summed E-state index contributed by atoms with van der Waals surface area (Å²) in [5.41, 5.74) is 0. The highest BCUT2D eigenvalue weighted by atomic mass is 16.2. The van der Waals surface area contributed by atoms with E-state index >= 15 is 0 Å². The summed E-state index contributed by atoms with van der Waals surface area (Å²) >= 11 is 0. The van der Waals surface area contributed by atoms with Crippen molar-refractivity contribution in [3.8, 4) is 6.07 Å². The summed E-state index contributed by atoms with van der Waals surface area (Å²) in [5.74, 6) is 0.100. The molecule has 4 heteroatoms. The molecule has 0 aromatic rings. The van der Waals surface area contributed by atoms with Crippen molar-refractivity contribution in [3.05, 3.63) is 0 Å². The first-order valence-corrected chi connectivity index (χ1v) is 6.61. The van der Waals surface area contributed by atoms with Crippen LogP contribution in [0, 0.1) is 11.3 Å². The molecule has 4 nitrogen and oxygen atoms in total. The molecule has 1 amide bonds. The van der Waals surface area contributed by atoms with Crippen LogP contribution in [0.25, 0.3) is 0 Å². The average Bonchev–Trinajstić information content (AvgIpc) is 3.14. The Labute approximate surface area is 104 Å². The number of nitrogens with zero attached hydrogens (tertiary/aromatic N) is 2. The second kappa shape index (κ2) is 7.29. The highest BCUT2D eigenvalue weighted by Crippen LogP contribution is 2.28.